The van der Waals surface area contributed by atoms with E-state index in [2.05, 4.69) is 24.5 Å². The average Bonchev–Trinajstić information content (AvgIpc) is 2.32. The fraction of sp³-hybridized carbons (Fsp3) is 0.833. The molecule has 2 amide bonds. The van der Waals surface area contributed by atoms with Gasteiger partial charge in [0.2, 0.25) is 11.8 Å². The van der Waals surface area contributed by atoms with E-state index in [-0.39, 0.29) is 17.7 Å². The van der Waals surface area contributed by atoms with E-state index < -0.39 is 0 Å². The number of nitrogens with one attached hydrogen (secondary N) is 2. The number of nitrogens with two attached hydrogens (primary N) is 1. The molecule has 1 atom stereocenters. The van der Waals surface area contributed by atoms with Crippen molar-refractivity contribution in [1.82, 2.24) is 10.6 Å². The molecule has 0 aromatic carbocycles. The van der Waals surface area contributed by atoms with Gasteiger partial charge in [0, 0.05) is 19.5 Å². The SMILES string of the molecule is BCC(=O)NCCNC(=O)C[C@@H](CN)CC(C)C. The molecule has 0 spiro atoms. The Morgan fingerprint density at radius 2 is 1.72 bits per heavy atom. The largest absolute Gasteiger partial charge is 0.355 e. The summed E-state index contributed by atoms with van der Waals surface area (Å²) < 4.78 is 0. The Bertz CT molecular complexity index is 260. The van der Waals surface area contributed by atoms with Gasteiger partial charge in [-0.05, 0) is 31.1 Å². The zero-order valence-corrected chi connectivity index (χ0v) is 11.8. The third-order valence-electron chi connectivity index (χ3n) is 2.70. The molecule has 0 radical (unpaired) electrons. The standard InChI is InChI=1S/C12H26BN3O2/c1-9(2)5-10(8-14)6-11(17)15-3-4-16-12(18)7-13/h9-10H,3-8,13-14H2,1-2H3,(H,15,17)(H,16,18)/t10-/m0/s1. The summed E-state index contributed by atoms with van der Waals surface area (Å²) in [5, 5.41) is 5.50. The summed E-state index contributed by atoms with van der Waals surface area (Å²) in [5.41, 5.74) is 5.64. The maximum absolute atomic E-state index is 11.6. The fourth-order valence-corrected chi connectivity index (χ4v) is 1.79. The molecule has 0 aromatic heterocycles. The molecule has 0 bridgehead atoms. The van der Waals surface area contributed by atoms with E-state index in [0.717, 1.165) is 6.42 Å². The van der Waals surface area contributed by atoms with Crippen LogP contribution in [0.4, 0.5) is 0 Å². The highest BCUT2D eigenvalue weighted by molar-refractivity contribution is 6.19. The molecule has 0 fully saturated rings. The van der Waals surface area contributed by atoms with Crippen LogP contribution in [0.3, 0.4) is 0 Å². The molecule has 0 aliphatic heterocycles. The van der Waals surface area contributed by atoms with E-state index in [9.17, 15) is 9.59 Å². The van der Waals surface area contributed by atoms with Gasteiger partial charge in [0.1, 0.15) is 7.85 Å². The van der Waals surface area contributed by atoms with Crippen molar-refractivity contribution in [2.45, 2.75) is 33.0 Å². The molecule has 0 aliphatic carbocycles. The van der Waals surface area contributed by atoms with Crippen LogP contribution in [-0.4, -0.2) is 39.3 Å². The van der Waals surface area contributed by atoms with Gasteiger partial charge in [0.05, 0.1) is 0 Å². The lowest BCUT2D eigenvalue weighted by Crippen LogP contribution is -2.35. The third kappa shape index (κ3) is 9.04. The Balaban J connectivity index is 3.72. The van der Waals surface area contributed by atoms with E-state index in [1.807, 2.05) is 0 Å². The van der Waals surface area contributed by atoms with Gasteiger partial charge in [-0.3, -0.25) is 9.59 Å². The molecule has 0 saturated heterocycles. The molecule has 0 unspecified atom stereocenters. The molecule has 0 aliphatic rings. The van der Waals surface area contributed by atoms with Gasteiger partial charge in [0.25, 0.3) is 0 Å². The normalized spacial score (nSPS) is 12.2. The van der Waals surface area contributed by atoms with Crippen LogP contribution in [0.25, 0.3) is 0 Å². The first-order chi connectivity index (χ1) is 8.49. The molecule has 4 N–H and O–H groups in total. The number of amides is 2. The van der Waals surface area contributed by atoms with E-state index >= 15 is 0 Å². The van der Waals surface area contributed by atoms with Gasteiger partial charge in [-0.1, -0.05) is 13.8 Å². The highest BCUT2D eigenvalue weighted by atomic mass is 16.2. The predicted octanol–water partition coefficient (Wildman–Crippen LogP) is -0.719. The van der Waals surface area contributed by atoms with E-state index in [1.165, 1.54) is 0 Å². The first-order valence-corrected chi connectivity index (χ1v) is 6.73. The van der Waals surface area contributed by atoms with Crippen LogP contribution in [0.1, 0.15) is 26.7 Å². The summed E-state index contributed by atoms with van der Waals surface area (Å²) in [5.74, 6) is 0.811. The van der Waals surface area contributed by atoms with Crippen molar-refractivity contribution in [2.24, 2.45) is 17.6 Å². The molecule has 104 valence electrons. The Hall–Kier alpha value is -1.04. The Morgan fingerprint density at radius 1 is 1.17 bits per heavy atom. The van der Waals surface area contributed by atoms with E-state index in [0.29, 0.717) is 38.3 Å². The molecule has 6 heteroatoms. The lowest BCUT2D eigenvalue weighted by Gasteiger charge is -2.16. The molecule has 18 heavy (non-hydrogen) atoms. The van der Waals surface area contributed by atoms with Gasteiger partial charge in [0.15, 0.2) is 0 Å². The smallest absolute Gasteiger partial charge is 0.220 e. The molecule has 0 saturated carbocycles. The number of carbonyl (C=O) groups excluding carboxylic acids is 2. The van der Waals surface area contributed by atoms with Crippen LogP contribution in [0.15, 0.2) is 0 Å². The summed E-state index contributed by atoms with van der Waals surface area (Å²) in [7, 11) is 1.80. The van der Waals surface area contributed by atoms with Crippen molar-refractivity contribution in [3.8, 4) is 0 Å². The van der Waals surface area contributed by atoms with Gasteiger partial charge < -0.3 is 16.4 Å². The first-order valence-electron chi connectivity index (χ1n) is 6.73. The van der Waals surface area contributed by atoms with Crippen molar-refractivity contribution < 1.29 is 9.59 Å². The van der Waals surface area contributed by atoms with Crippen LogP contribution in [0, 0.1) is 11.8 Å². The second-order valence-corrected chi connectivity index (χ2v) is 4.99. The maximum Gasteiger partial charge on any atom is 0.220 e. The molecule has 5 nitrogen and oxygen atoms in total. The second-order valence-electron chi connectivity index (χ2n) is 4.99. The number of hydrogen-bond donors (Lipinski definition) is 3. The predicted molar refractivity (Wildman–Crippen MR) is 76.0 cm³/mol. The molecule has 0 rings (SSSR count). The van der Waals surface area contributed by atoms with Gasteiger partial charge >= 0.3 is 0 Å². The lowest BCUT2D eigenvalue weighted by molar-refractivity contribution is -0.122. The van der Waals surface area contributed by atoms with Crippen molar-refractivity contribution in [2.75, 3.05) is 19.6 Å². The summed E-state index contributed by atoms with van der Waals surface area (Å²) in [6.45, 7) is 5.75. The zero-order chi connectivity index (χ0) is 14.0. The molecule has 0 aromatic rings. The van der Waals surface area contributed by atoms with Gasteiger partial charge in [-0.15, -0.1) is 0 Å². The van der Waals surface area contributed by atoms with Crippen LogP contribution >= 0.6 is 0 Å². The van der Waals surface area contributed by atoms with E-state index in [4.69, 9.17) is 5.73 Å². The van der Waals surface area contributed by atoms with Crippen molar-refractivity contribution in [1.29, 1.82) is 0 Å². The molecule has 0 heterocycles. The Labute approximate surface area is 111 Å². The number of hydrogen-bond acceptors (Lipinski definition) is 3. The lowest BCUT2D eigenvalue weighted by atomic mass is 9.94. The Morgan fingerprint density at radius 3 is 2.17 bits per heavy atom. The molecular weight excluding hydrogens is 229 g/mol. The zero-order valence-electron chi connectivity index (χ0n) is 11.8. The highest BCUT2D eigenvalue weighted by Gasteiger charge is 2.13. The topological polar surface area (TPSA) is 84.2 Å². The second kappa shape index (κ2) is 9.94. The average molecular weight is 255 g/mol. The summed E-state index contributed by atoms with van der Waals surface area (Å²) in [6, 6.07) is 0. The Kier molecular flexibility index (Phi) is 9.37. The number of rotatable bonds is 9. The highest BCUT2D eigenvalue weighted by Crippen LogP contribution is 2.13. The monoisotopic (exact) mass is 255 g/mol. The summed E-state index contributed by atoms with van der Waals surface area (Å²) in [4.78, 5) is 22.6. The summed E-state index contributed by atoms with van der Waals surface area (Å²) in [6.07, 6.45) is 1.91. The molecular formula is C12H26BN3O2. The van der Waals surface area contributed by atoms with Crippen LogP contribution in [-0.2, 0) is 9.59 Å². The summed E-state index contributed by atoms with van der Waals surface area (Å²) >= 11 is 0. The number of carbonyl (C=O) groups is 2. The fourth-order valence-electron chi connectivity index (χ4n) is 1.79. The third-order valence-corrected chi connectivity index (χ3v) is 2.70. The van der Waals surface area contributed by atoms with Gasteiger partial charge in [-0.2, -0.15) is 0 Å². The van der Waals surface area contributed by atoms with Crippen LogP contribution < -0.4 is 16.4 Å². The van der Waals surface area contributed by atoms with Crippen LogP contribution in [0.2, 0.25) is 6.32 Å². The minimum absolute atomic E-state index is 0.00360. The van der Waals surface area contributed by atoms with Crippen molar-refractivity contribution in [3.63, 3.8) is 0 Å². The first kappa shape index (κ1) is 17.0. The van der Waals surface area contributed by atoms with Crippen molar-refractivity contribution >= 4 is 19.7 Å². The van der Waals surface area contributed by atoms with Gasteiger partial charge in [-0.25, -0.2) is 0 Å². The minimum Gasteiger partial charge on any atom is -0.355 e. The minimum atomic E-state index is 0.00360. The van der Waals surface area contributed by atoms with Crippen LogP contribution in [0.5, 0.6) is 0 Å². The van der Waals surface area contributed by atoms with Crippen molar-refractivity contribution in [3.05, 3.63) is 0 Å². The van der Waals surface area contributed by atoms with E-state index in [1.54, 1.807) is 7.85 Å². The maximum atomic E-state index is 11.6. The quantitative estimate of drug-likeness (QED) is 0.375.